The largest absolute Gasteiger partial charge is 0.321 e. The third-order valence-electron chi connectivity index (χ3n) is 5.61. The van der Waals surface area contributed by atoms with E-state index < -0.39 is 0 Å². The van der Waals surface area contributed by atoms with Crippen LogP contribution in [0.3, 0.4) is 0 Å². The Balaban J connectivity index is 1.92. The van der Waals surface area contributed by atoms with Crippen LogP contribution in [-0.2, 0) is 0 Å². The van der Waals surface area contributed by atoms with Crippen LogP contribution in [0.1, 0.15) is 61.0 Å². The second-order valence-electron chi connectivity index (χ2n) is 8.27. The third kappa shape index (κ3) is 3.51. The molecule has 4 aromatic carbocycles. The summed E-state index contributed by atoms with van der Waals surface area (Å²) >= 11 is 0. The van der Waals surface area contributed by atoms with E-state index in [0.29, 0.717) is 11.8 Å². The van der Waals surface area contributed by atoms with E-state index in [4.69, 9.17) is 0 Å². The first-order chi connectivity index (χ1) is 14.0. The van der Waals surface area contributed by atoms with Crippen molar-refractivity contribution in [2.45, 2.75) is 39.5 Å². The van der Waals surface area contributed by atoms with E-state index in [1.54, 1.807) is 0 Å². The van der Waals surface area contributed by atoms with Crippen molar-refractivity contribution in [1.29, 1.82) is 0 Å². The molecule has 0 aliphatic carbocycles. The molecule has 0 spiro atoms. The smallest absolute Gasteiger partial charge is 0.256 e. The molecule has 0 fully saturated rings. The predicted molar refractivity (Wildman–Crippen MR) is 124 cm³/mol. The number of carbonyl (C=O) groups excluding carboxylic acids is 1. The van der Waals surface area contributed by atoms with E-state index >= 15 is 0 Å². The first-order valence-corrected chi connectivity index (χ1v) is 10.3. The quantitative estimate of drug-likeness (QED) is 0.364. The molecule has 146 valence electrons. The normalized spacial score (nSPS) is 11.5. The molecule has 0 bridgehead atoms. The van der Waals surface area contributed by atoms with E-state index in [9.17, 15) is 4.79 Å². The van der Waals surface area contributed by atoms with Gasteiger partial charge in [0.2, 0.25) is 0 Å². The summed E-state index contributed by atoms with van der Waals surface area (Å²) in [4.78, 5) is 13.7. The number of rotatable bonds is 4. The molecule has 0 saturated heterocycles. The molecule has 0 aliphatic heterocycles. The van der Waals surface area contributed by atoms with Crippen molar-refractivity contribution in [2.75, 3.05) is 5.32 Å². The van der Waals surface area contributed by atoms with Crippen molar-refractivity contribution in [2.24, 2.45) is 0 Å². The standard InChI is InChI=1S/C27H27NO/c1-17(2)21-14-9-15-22(18(3)4)26(21)28-27(29)25-23-12-7-5-10-19(23)16-20-11-6-8-13-24(20)25/h5-18H,1-4H3,(H,28,29). The first-order valence-electron chi connectivity index (χ1n) is 10.3. The summed E-state index contributed by atoms with van der Waals surface area (Å²) in [6.07, 6.45) is 0. The van der Waals surface area contributed by atoms with Crippen molar-refractivity contribution in [3.05, 3.63) is 89.5 Å². The summed E-state index contributed by atoms with van der Waals surface area (Å²) in [5.74, 6) is 0.606. The average molecular weight is 382 g/mol. The lowest BCUT2D eigenvalue weighted by atomic mass is 9.92. The third-order valence-corrected chi connectivity index (χ3v) is 5.61. The van der Waals surface area contributed by atoms with Crippen molar-refractivity contribution in [3.63, 3.8) is 0 Å². The fourth-order valence-electron chi connectivity index (χ4n) is 4.13. The van der Waals surface area contributed by atoms with Crippen LogP contribution >= 0.6 is 0 Å². The molecular weight excluding hydrogens is 354 g/mol. The van der Waals surface area contributed by atoms with E-state index in [-0.39, 0.29) is 5.91 Å². The van der Waals surface area contributed by atoms with Crippen LogP contribution in [0.2, 0.25) is 0 Å². The summed E-state index contributed by atoms with van der Waals surface area (Å²) in [5.41, 5.74) is 4.05. The summed E-state index contributed by atoms with van der Waals surface area (Å²) < 4.78 is 0. The molecule has 1 amide bonds. The molecule has 0 unspecified atom stereocenters. The molecule has 2 heteroatoms. The zero-order valence-electron chi connectivity index (χ0n) is 17.5. The molecule has 1 N–H and O–H groups in total. The lowest BCUT2D eigenvalue weighted by Crippen LogP contribution is -2.16. The highest BCUT2D eigenvalue weighted by molar-refractivity contribution is 6.22. The van der Waals surface area contributed by atoms with Gasteiger partial charge in [-0.25, -0.2) is 0 Å². The lowest BCUT2D eigenvalue weighted by molar-refractivity contribution is 0.102. The number of anilines is 1. The van der Waals surface area contributed by atoms with Crippen molar-refractivity contribution < 1.29 is 4.79 Å². The predicted octanol–water partition coefficient (Wildman–Crippen LogP) is 7.49. The average Bonchev–Trinajstić information content (AvgIpc) is 2.71. The van der Waals surface area contributed by atoms with Crippen LogP contribution in [0.4, 0.5) is 5.69 Å². The number of benzene rings is 4. The molecule has 4 rings (SSSR count). The van der Waals surface area contributed by atoms with Crippen LogP contribution in [-0.4, -0.2) is 5.91 Å². The molecule has 2 nitrogen and oxygen atoms in total. The van der Waals surface area contributed by atoms with Gasteiger partial charge in [-0.1, -0.05) is 94.4 Å². The lowest BCUT2D eigenvalue weighted by Gasteiger charge is -2.21. The molecule has 0 radical (unpaired) electrons. The highest BCUT2D eigenvalue weighted by Crippen LogP contribution is 2.34. The van der Waals surface area contributed by atoms with Crippen molar-refractivity contribution >= 4 is 33.1 Å². The number of amides is 1. The Morgan fingerprint density at radius 2 is 1.17 bits per heavy atom. The van der Waals surface area contributed by atoms with E-state index in [1.165, 1.54) is 11.1 Å². The number of hydrogen-bond acceptors (Lipinski definition) is 1. The Bertz CT molecular complexity index is 1120. The second-order valence-corrected chi connectivity index (χ2v) is 8.27. The van der Waals surface area contributed by atoms with Gasteiger partial charge in [-0.2, -0.15) is 0 Å². The maximum atomic E-state index is 13.7. The van der Waals surface area contributed by atoms with Gasteiger partial charge < -0.3 is 5.32 Å². The fourth-order valence-corrected chi connectivity index (χ4v) is 4.13. The zero-order chi connectivity index (χ0) is 20.5. The Labute approximate surface area is 172 Å². The Kier molecular flexibility index (Phi) is 5.10. The van der Waals surface area contributed by atoms with Gasteiger partial charge in [0, 0.05) is 5.69 Å². The molecule has 0 atom stereocenters. The van der Waals surface area contributed by atoms with Crippen LogP contribution < -0.4 is 5.32 Å². The summed E-state index contributed by atoms with van der Waals surface area (Å²) in [7, 11) is 0. The van der Waals surface area contributed by atoms with Crippen molar-refractivity contribution in [1.82, 2.24) is 0 Å². The van der Waals surface area contributed by atoms with Gasteiger partial charge in [-0.15, -0.1) is 0 Å². The molecule has 0 aromatic heterocycles. The van der Waals surface area contributed by atoms with E-state index in [2.05, 4.69) is 69.4 Å². The zero-order valence-corrected chi connectivity index (χ0v) is 17.5. The molecule has 29 heavy (non-hydrogen) atoms. The highest BCUT2D eigenvalue weighted by Gasteiger charge is 2.20. The Hall–Kier alpha value is -3.13. The highest BCUT2D eigenvalue weighted by atomic mass is 16.1. The number of nitrogens with one attached hydrogen (secondary N) is 1. The second kappa shape index (κ2) is 7.71. The Morgan fingerprint density at radius 3 is 1.66 bits per heavy atom. The van der Waals surface area contributed by atoms with Gasteiger partial charge in [0.25, 0.3) is 5.91 Å². The monoisotopic (exact) mass is 381 g/mol. The van der Waals surface area contributed by atoms with Crippen LogP contribution in [0.5, 0.6) is 0 Å². The minimum atomic E-state index is -0.0481. The molecule has 4 aromatic rings. The number of carbonyl (C=O) groups is 1. The minimum absolute atomic E-state index is 0.0481. The van der Waals surface area contributed by atoms with Crippen LogP contribution in [0.15, 0.2) is 72.8 Å². The molecule has 0 heterocycles. The van der Waals surface area contributed by atoms with E-state index in [0.717, 1.165) is 32.8 Å². The van der Waals surface area contributed by atoms with Crippen molar-refractivity contribution in [3.8, 4) is 0 Å². The maximum Gasteiger partial charge on any atom is 0.256 e. The van der Waals surface area contributed by atoms with Gasteiger partial charge in [-0.3, -0.25) is 4.79 Å². The summed E-state index contributed by atoms with van der Waals surface area (Å²) in [5, 5.41) is 7.43. The first kappa shape index (κ1) is 19.2. The van der Waals surface area contributed by atoms with E-state index in [1.807, 2.05) is 36.4 Å². The Morgan fingerprint density at radius 1 is 0.690 bits per heavy atom. The van der Waals surface area contributed by atoms with Gasteiger partial charge >= 0.3 is 0 Å². The van der Waals surface area contributed by atoms with Gasteiger partial charge in [0.1, 0.15) is 0 Å². The fraction of sp³-hybridized carbons (Fsp3) is 0.222. The number of para-hydroxylation sites is 1. The van der Waals surface area contributed by atoms with Crippen LogP contribution in [0.25, 0.3) is 21.5 Å². The molecular formula is C27H27NO. The summed E-state index contributed by atoms with van der Waals surface area (Å²) in [6.45, 7) is 8.68. The SMILES string of the molecule is CC(C)c1cccc(C(C)C)c1NC(=O)c1c2ccccc2cc2ccccc12. The number of fused-ring (bicyclic) bond motifs is 2. The van der Waals surface area contributed by atoms with Gasteiger partial charge in [0.15, 0.2) is 0 Å². The molecule has 0 saturated carbocycles. The number of hydrogen-bond donors (Lipinski definition) is 1. The molecule has 0 aliphatic rings. The minimum Gasteiger partial charge on any atom is -0.321 e. The topological polar surface area (TPSA) is 29.1 Å². The van der Waals surface area contributed by atoms with Gasteiger partial charge in [-0.05, 0) is 50.6 Å². The maximum absolute atomic E-state index is 13.7. The van der Waals surface area contributed by atoms with Crippen LogP contribution in [0, 0.1) is 0 Å². The summed E-state index contributed by atoms with van der Waals surface area (Å²) in [6, 6.07) is 24.7. The van der Waals surface area contributed by atoms with Gasteiger partial charge in [0.05, 0.1) is 5.56 Å².